The average molecular weight is 398 g/mol. The van der Waals surface area contributed by atoms with Gasteiger partial charge in [0.1, 0.15) is 5.82 Å². The Morgan fingerprint density at radius 1 is 1.08 bits per heavy atom. The summed E-state index contributed by atoms with van der Waals surface area (Å²) in [5.41, 5.74) is 0.709. The van der Waals surface area contributed by atoms with Gasteiger partial charge in [0.15, 0.2) is 11.5 Å². The minimum Gasteiger partial charge on any atom is -0.493 e. The van der Waals surface area contributed by atoms with Crippen LogP contribution in [0.25, 0.3) is 0 Å². The lowest BCUT2D eigenvalue weighted by Gasteiger charge is -2.14. The van der Waals surface area contributed by atoms with Crippen molar-refractivity contribution >= 4 is 21.8 Å². The SMILES string of the molecule is COc1cc(CNC(=O)c2ccc(Br)cc2F)cc(OC)c1OC. The third-order valence-corrected chi connectivity index (χ3v) is 3.85. The Labute approximate surface area is 147 Å². The number of rotatable bonds is 6. The number of hydrogen-bond donors (Lipinski definition) is 1. The van der Waals surface area contributed by atoms with Crippen molar-refractivity contribution < 1.29 is 23.4 Å². The average Bonchev–Trinajstić information content (AvgIpc) is 2.58. The molecule has 5 nitrogen and oxygen atoms in total. The van der Waals surface area contributed by atoms with E-state index in [0.717, 1.165) is 5.56 Å². The highest BCUT2D eigenvalue weighted by Crippen LogP contribution is 2.38. The van der Waals surface area contributed by atoms with Crippen molar-refractivity contribution in [3.05, 3.63) is 51.7 Å². The van der Waals surface area contributed by atoms with Gasteiger partial charge in [-0.1, -0.05) is 15.9 Å². The van der Waals surface area contributed by atoms with Gasteiger partial charge in [-0.2, -0.15) is 0 Å². The van der Waals surface area contributed by atoms with E-state index in [1.807, 2.05) is 0 Å². The second-order valence-corrected chi connectivity index (χ2v) is 5.76. The standard InChI is InChI=1S/C17H17BrFNO4/c1-22-14-6-10(7-15(23-2)16(14)24-3)9-20-17(21)12-5-4-11(18)8-13(12)19/h4-8H,9H2,1-3H3,(H,20,21). The fourth-order valence-corrected chi connectivity index (χ4v) is 2.52. The lowest BCUT2D eigenvalue weighted by Crippen LogP contribution is -2.23. The van der Waals surface area contributed by atoms with Gasteiger partial charge >= 0.3 is 0 Å². The summed E-state index contributed by atoms with van der Waals surface area (Å²) in [4.78, 5) is 12.1. The minimum absolute atomic E-state index is 0.0226. The van der Waals surface area contributed by atoms with Gasteiger partial charge in [0, 0.05) is 11.0 Å². The number of ether oxygens (including phenoxy) is 3. The molecule has 0 aromatic heterocycles. The molecule has 0 aliphatic carbocycles. The summed E-state index contributed by atoms with van der Waals surface area (Å²) in [7, 11) is 4.53. The molecule has 2 rings (SSSR count). The zero-order valence-corrected chi connectivity index (χ0v) is 15.1. The van der Waals surface area contributed by atoms with Gasteiger partial charge < -0.3 is 19.5 Å². The molecule has 0 bridgehead atoms. The van der Waals surface area contributed by atoms with Crippen LogP contribution in [0.3, 0.4) is 0 Å². The largest absolute Gasteiger partial charge is 0.493 e. The molecular weight excluding hydrogens is 381 g/mol. The normalized spacial score (nSPS) is 10.2. The summed E-state index contributed by atoms with van der Waals surface area (Å²) in [6, 6.07) is 7.72. The van der Waals surface area contributed by atoms with Crippen LogP contribution in [0.2, 0.25) is 0 Å². The van der Waals surface area contributed by atoms with E-state index >= 15 is 0 Å². The van der Waals surface area contributed by atoms with Gasteiger partial charge in [-0.15, -0.1) is 0 Å². The molecule has 0 saturated carbocycles. The van der Waals surface area contributed by atoms with E-state index in [-0.39, 0.29) is 12.1 Å². The van der Waals surface area contributed by atoms with E-state index in [9.17, 15) is 9.18 Å². The molecule has 1 amide bonds. The maximum absolute atomic E-state index is 13.8. The van der Waals surface area contributed by atoms with Crippen molar-refractivity contribution in [2.45, 2.75) is 6.54 Å². The van der Waals surface area contributed by atoms with Crippen LogP contribution in [-0.4, -0.2) is 27.2 Å². The molecule has 0 radical (unpaired) electrons. The predicted octanol–water partition coefficient (Wildman–Crippen LogP) is 3.54. The molecular formula is C17H17BrFNO4. The first-order chi connectivity index (χ1) is 11.5. The third-order valence-electron chi connectivity index (χ3n) is 3.35. The fourth-order valence-electron chi connectivity index (χ4n) is 2.19. The number of benzene rings is 2. The maximum Gasteiger partial charge on any atom is 0.254 e. The van der Waals surface area contributed by atoms with Crippen LogP contribution in [-0.2, 0) is 6.54 Å². The van der Waals surface area contributed by atoms with Crippen molar-refractivity contribution in [2.75, 3.05) is 21.3 Å². The summed E-state index contributed by atoms with van der Waals surface area (Å²) in [6.45, 7) is 0.186. The zero-order valence-electron chi connectivity index (χ0n) is 13.5. The molecule has 0 unspecified atom stereocenters. The number of carbonyl (C=O) groups excluding carboxylic acids is 1. The highest BCUT2D eigenvalue weighted by Gasteiger charge is 2.15. The molecule has 0 atom stereocenters. The lowest BCUT2D eigenvalue weighted by molar-refractivity contribution is 0.0946. The van der Waals surface area contributed by atoms with E-state index in [1.54, 1.807) is 18.2 Å². The van der Waals surface area contributed by atoms with Crippen LogP contribution in [0.15, 0.2) is 34.8 Å². The molecule has 0 aliphatic heterocycles. The molecule has 1 N–H and O–H groups in total. The van der Waals surface area contributed by atoms with Crippen LogP contribution in [0.4, 0.5) is 4.39 Å². The molecule has 7 heteroatoms. The van der Waals surface area contributed by atoms with Crippen LogP contribution in [0, 0.1) is 5.82 Å². The van der Waals surface area contributed by atoms with Gasteiger partial charge in [-0.05, 0) is 35.9 Å². The van der Waals surface area contributed by atoms with Gasteiger partial charge in [-0.25, -0.2) is 4.39 Å². The highest BCUT2D eigenvalue weighted by molar-refractivity contribution is 9.10. The van der Waals surface area contributed by atoms with Crippen molar-refractivity contribution in [1.82, 2.24) is 5.32 Å². The monoisotopic (exact) mass is 397 g/mol. The molecule has 0 saturated heterocycles. The fraction of sp³-hybridized carbons (Fsp3) is 0.235. The van der Waals surface area contributed by atoms with Gasteiger partial charge in [0.25, 0.3) is 5.91 Å². The topological polar surface area (TPSA) is 56.8 Å². The van der Waals surface area contributed by atoms with E-state index in [0.29, 0.717) is 21.7 Å². The van der Waals surface area contributed by atoms with Crippen molar-refractivity contribution in [3.63, 3.8) is 0 Å². The summed E-state index contributed by atoms with van der Waals surface area (Å²) < 4.78 is 30.2. The zero-order chi connectivity index (χ0) is 17.7. The summed E-state index contributed by atoms with van der Waals surface area (Å²) in [5.74, 6) is 0.335. The van der Waals surface area contributed by atoms with Crippen molar-refractivity contribution in [3.8, 4) is 17.2 Å². The van der Waals surface area contributed by atoms with Crippen LogP contribution in [0.5, 0.6) is 17.2 Å². The summed E-state index contributed by atoms with van der Waals surface area (Å²) in [5, 5.41) is 2.67. The Morgan fingerprint density at radius 2 is 1.71 bits per heavy atom. The highest BCUT2D eigenvalue weighted by atomic mass is 79.9. The van der Waals surface area contributed by atoms with Crippen LogP contribution < -0.4 is 19.5 Å². The van der Waals surface area contributed by atoms with E-state index in [4.69, 9.17) is 14.2 Å². The number of methoxy groups -OCH3 is 3. The first kappa shape index (κ1) is 18.1. The van der Waals surface area contributed by atoms with E-state index in [1.165, 1.54) is 33.5 Å². The molecule has 128 valence electrons. The number of amides is 1. The lowest BCUT2D eigenvalue weighted by atomic mass is 10.1. The quantitative estimate of drug-likeness (QED) is 0.809. The van der Waals surface area contributed by atoms with E-state index < -0.39 is 11.7 Å². The maximum atomic E-state index is 13.8. The Kier molecular flexibility index (Phi) is 6.03. The molecule has 0 fully saturated rings. The van der Waals surface area contributed by atoms with Gasteiger partial charge in [0.05, 0.1) is 26.9 Å². The third kappa shape index (κ3) is 3.97. The molecule has 2 aromatic rings. The molecule has 0 heterocycles. The molecule has 0 aliphatic rings. The smallest absolute Gasteiger partial charge is 0.254 e. The second-order valence-electron chi connectivity index (χ2n) is 4.84. The Bertz CT molecular complexity index is 726. The molecule has 24 heavy (non-hydrogen) atoms. The minimum atomic E-state index is -0.591. The van der Waals surface area contributed by atoms with Crippen LogP contribution >= 0.6 is 15.9 Å². The number of nitrogens with one attached hydrogen (secondary N) is 1. The number of hydrogen-bond acceptors (Lipinski definition) is 4. The predicted molar refractivity (Wildman–Crippen MR) is 91.4 cm³/mol. The Hall–Kier alpha value is -2.28. The number of carbonyl (C=O) groups is 1. The van der Waals surface area contributed by atoms with Crippen LogP contribution in [0.1, 0.15) is 15.9 Å². The molecule has 2 aromatic carbocycles. The summed E-state index contributed by atoms with van der Waals surface area (Å²) >= 11 is 3.16. The molecule has 0 spiro atoms. The first-order valence-electron chi connectivity index (χ1n) is 7.02. The number of halogens is 2. The van der Waals surface area contributed by atoms with E-state index in [2.05, 4.69) is 21.2 Å². The Morgan fingerprint density at radius 3 is 2.21 bits per heavy atom. The Balaban J connectivity index is 2.18. The first-order valence-corrected chi connectivity index (χ1v) is 7.81. The van der Waals surface area contributed by atoms with Gasteiger partial charge in [0.2, 0.25) is 5.75 Å². The van der Waals surface area contributed by atoms with Crippen molar-refractivity contribution in [2.24, 2.45) is 0 Å². The second kappa shape index (κ2) is 8.01. The van der Waals surface area contributed by atoms with Crippen molar-refractivity contribution in [1.29, 1.82) is 0 Å². The summed E-state index contributed by atoms with van der Waals surface area (Å²) in [6.07, 6.45) is 0. The van der Waals surface area contributed by atoms with Gasteiger partial charge in [-0.3, -0.25) is 4.79 Å².